The molecule has 0 saturated carbocycles. The van der Waals surface area contributed by atoms with E-state index in [2.05, 4.69) is 22.1 Å². The first-order valence-corrected chi connectivity index (χ1v) is 7.19. The maximum atomic E-state index is 11.8. The van der Waals surface area contributed by atoms with Crippen LogP contribution in [0.2, 0.25) is 0 Å². The normalized spacial score (nSPS) is 10.7. The molecule has 5 heteroatoms. The van der Waals surface area contributed by atoms with Crippen molar-refractivity contribution in [2.75, 3.05) is 39.0 Å². The Hall–Kier alpha value is -1.62. The summed E-state index contributed by atoms with van der Waals surface area (Å²) in [6.07, 6.45) is 1.02. The molecule has 0 spiro atoms. The Bertz CT molecular complexity index is 420. The van der Waals surface area contributed by atoms with Crippen molar-refractivity contribution in [1.29, 1.82) is 0 Å². The summed E-state index contributed by atoms with van der Waals surface area (Å²) in [5.74, 6) is 1.02. The number of pyridine rings is 1. The highest BCUT2D eigenvalue weighted by atomic mass is 16.2. The minimum Gasteiger partial charge on any atom is -0.370 e. The molecule has 0 unspecified atom stereocenters. The molecule has 1 heterocycles. The Morgan fingerprint density at radius 2 is 2.05 bits per heavy atom. The van der Waals surface area contributed by atoms with Crippen LogP contribution in [0.4, 0.5) is 5.82 Å². The number of rotatable bonds is 8. The van der Waals surface area contributed by atoms with Gasteiger partial charge in [-0.1, -0.05) is 13.0 Å². The first-order chi connectivity index (χ1) is 9.56. The van der Waals surface area contributed by atoms with Crippen LogP contribution in [0.3, 0.4) is 0 Å². The minimum absolute atomic E-state index is 0.126. The number of hydrogen-bond donors (Lipinski definition) is 1. The molecule has 0 saturated heterocycles. The fourth-order valence-electron chi connectivity index (χ4n) is 1.94. The number of aromatic nitrogens is 1. The first kappa shape index (κ1) is 16.4. The van der Waals surface area contributed by atoms with Crippen molar-refractivity contribution in [3.8, 4) is 0 Å². The molecule has 20 heavy (non-hydrogen) atoms. The van der Waals surface area contributed by atoms with Gasteiger partial charge in [0.15, 0.2) is 0 Å². The number of hydrogen-bond acceptors (Lipinski definition) is 4. The lowest BCUT2D eigenvalue weighted by Crippen LogP contribution is -2.36. The lowest BCUT2D eigenvalue weighted by atomic mass is 10.3. The van der Waals surface area contributed by atoms with Crippen LogP contribution in [0.25, 0.3) is 0 Å². The second-order valence-electron chi connectivity index (χ2n) is 5.04. The molecule has 1 aromatic rings. The molecule has 1 aromatic heterocycles. The fourth-order valence-corrected chi connectivity index (χ4v) is 1.94. The summed E-state index contributed by atoms with van der Waals surface area (Å²) in [5, 5.41) is 3.21. The number of nitrogens with zero attached hydrogens (tertiary/aromatic N) is 3. The van der Waals surface area contributed by atoms with E-state index in [1.54, 1.807) is 19.0 Å². The molecular formula is C15H26N4O. The van der Waals surface area contributed by atoms with E-state index in [9.17, 15) is 4.79 Å². The topological polar surface area (TPSA) is 48.5 Å². The molecule has 0 atom stereocenters. The molecule has 0 radical (unpaired) electrons. The van der Waals surface area contributed by atoms with Gasteiger partial charge in [0.25, 0.3) is 0 Å². The van der Waals surface area contributed by atoms with Crippen molar-refractivity contribution in [3.63, 3.8) is 0 Å². The summed E-state index contributed by atoms with van der Waals surface area (Å²) in [6.45, 7) is 7.06. The Morgan fingerprint density at radius 1 is 1.30 bits per heavy atom. The molecule has 0 aliphatic heterocycles. The van der Waals surface area contributed by atoms with Gasteiger partial charge < -0.3 is 10.2 Å². The van der Waals surface area contributed by atoms with Crippen molar-refractivity contribution >= 4 is 11.7 Å². The van der Waals surface area contributed by atoms with Crippen molar-refractivity contribution in [2.45, 2.75) is 26.8 Å². The van der Waals surface area contributed by atoms with Crippen LogP contribution in [0, 0.1) is 0 Å². The summed E-state index contributed by atoms with van der Waals surface area (Å²) in [7, 11) is 3.58. The molecular weight excluding hydrogens is 252 g/mol. The summed E-state index contributed by atoms with van der Waals surface area (Å²) in [5.41, 5.74) is 0.989. The van der Waals surface area contributed by atoms with Gasteiger partial charge in [-0.15, -0.1) is 0 Å². The summed E-state index contributed by atoms with van der Waals surface area (Å²) >= 11 is 0. The van der Waals surface area contributed by atoms with E-state index < -0.39 is 0 Å². The third-order valence-electron chi connectivity index (χ3n) is 2.95. The maximum absolute atomic E-state index is 11.8. The molecule has 0 fully saturated rings. The Labute approximate surface area is 122 Å². The molecule has 0 aliphatic rings. The van der Waals surface area contributed by atoms with Crippen molar-refractivity contribution in [3.05, 3.63) is 23.9 Å². The highest BCUT2D eigenvalue weighted by Crippen LogP contribution is 2.08. The van der Waals surface area contributed by atoms with Crippen LogP contribution in [0.1, 0.15) is 26.0 Å². The maximum Gasteiger partial charge on any atom is 0.236 e. The van der Waals surface area contributed by atoms with E-state index in [0.717, 1.165) is 31.0 Å². The van der Waals surface area contributed by atoms with Crippen molar-refractivity contribution in [2.24, 2.45) is 0 Å². The predicted molar refractivity (Wildman–Crippen MR) is 82.7 cm³/mol. The van der Waals surface area contributed by atoms with E-state index in [1.807, 2.05) is 25.1 Å². The van der Waals surface area contributed by atoms with Gasteiger partial charge in [-0.05, 0) is 32.0 Å². The number of carbonyl (C=O) groups is 1. The lowest BCUT2D eigenvalue weighted by molar-refractivity contribution is -0.130. The summed E-state index contributed by atoms with van der Waals surface area (Å²) in [4.78, 5) is 20.2. The lowest BCUT2D eigenvalue weighted by Gasteiger charge is -2.22. The Morgan fingerprint density at radius 3 is 2.65 bits per heavy atom. The molecule has 0 aliphatic carbocycles. The second kappa shape index (κ2) is 8.53. The van der Waals surface area contributed by atoms with Gasteiger partial charge in [-0.2, -0.15) is 0 Å². The van der Waals surface area contributed by atoms with E-state index in [0.29, 0.717) is 13.1 Å². The SMILES string of the molecule is CCCN(CC(=O)N(C)C)Cc1cccc(NCC)n1. The van der Waals surface area contributed by atoms with Crippen LogP contribution < -0.4 is 5.32 Å². The van der Waals surface area contributed by atoms with Gasteiger partial charge >= 0.3 is 0 Å². The number of amides is 1. The zero-order valence-corrected chi connectivity index (χ0v) is 13.0. The second-order valence-corrected chi connectivity index (χ2v) is 5.04. The Kier molecular flexibility index (Phi) is 7.01. The molecule has 0 bridgehead atoms. The molecule has 1 rings (SSSR count). The van der Waals surface area contributed by atoms with E-state index in [1.165, 1.54) is 0 Å². The number of anilines is 1. The van der Waals surface area contributed by atoms with Crippen LogP contribution in [0.5, 0.6) is 0 Å². The smallest absolute Gasteiger partial charge is 0.236 e. The summed E-state index contributed by atoms with van der Waals surface area (Å²) in [6, 6.07) is 5.96. The van der Waals surface area contributed by atoms with Gasteiger partial charge in [-0.25, -0.2) is 4.98 Å². The third-order valence-corrected chi connectivity index (χ3v) is 2.95. The molecule has 1 N–H and O–H groups in total. The van der Waals surface area contributed by atoms with Crippen molar-refractivity contribution < 1.29 is 4.79 Å². The standard InChI is InChI=1S/C15H26N4O/c1-5-10-19(12-15(20)18(3)4)11-13-8-7-9-14(17-13)16-6-2/h7-9H,5-6,10-12H2,1-4H3,(H,16,17). The average Bonchev–Trinajstić information content (AvgIpc) is 2.39. The summed E-state index contributed by atoms with van der Waals surface area (Å²) < 4.78 is 0. The molecule has 5 nitrogen and oxygen atoms in total. The molecule has 0 aromatic carbocycles. The van der Waals surface area contributed by atoms with Crippen LogP contribution in [-0.2, 0) is 11.3 Å². The van der Waals surface area contributed by atoms with Gasteiger partial charge in [0.05, 0.1) is 12.2 Å². The van der Waals surface area contributed by atoms with E-state index in [-0.39, 0.29) is 5.91 Å². The fraction of sp³-hybridized carbons (Fsp3) is 0.600. The van der Waals surface area contributed by atoms with Gasteiger partial charge in [0.1, 0.15) is 5.82 Å². The Balaban J connectivity index is 2.69. The predicted octanol–water partition coefficient (Wildman–Crippen LogP) is 1.81. The van der Waals surface area contributed by atoms with Crippen LogP contribution >= 0.6 is 0 Å². The molecule has 1 amide bonds. The van der Waals surface area contributed by atoms with Crippen LogP contribution in [0.15, 0.2) is 18.2 Å². The highest BCUT2D eigenvalue weighted by Gasteiger charge is 2.12. The monoisotopic (exact) mass is 278 g/mol. The van der Waals surface area contributed by atoms with E-state index >= 15 is 0 Å². The minimum atomic E-state index is 0.126. The zero-order valence-electron chi connectivity index (χ0n) is 13.0. The molecule has 112 valence electrons. The van der Waals surface area contributed by atoms with Crippen LogP contribution in [-0.4, -0.2) is 54.4 Å². The number of nitrogens with one attached hydrogen (secondary N) is 1. The van der Waals surface area contributed by atoms with Gasteiger partial charge in [0.2, 0.25) is 5.91 Å². The number of likely N-dealkylation sites (N-methyl/N-ethyl adjacent to an activating group) is 1. The first-order valence-electron chi connectivity index (χ1n) is 7.19. The van der Waals surface area contributed by atoms with Crippen molar-refractivity contribution in [1.82, 2.24) is 14.8 Å². The largest absolute Gasteiger partial charge is 0.370 e. The highest BCUT2D eigenvalue weighted by molar-refractivity contribution is 5.77. The average molecular weight is 278 g/mol. The third kappa shape index (κ3) is 5.57. The van der Waals surface area contributed by atoms with Gasteiger partial charge in [-0.3, -0.25) is 9.69 Å². The quantitative estimate of drug-likeness (QED) is 0.788. The zero-order chi connectivity index (χ0) is 15.0. The van der Waals surface area contributed by atoms with Gasteiger partial charge in [0, 0.05) is 27.2 Å². The van der Waals surface area contributed by atoms with E-state index in [4.69, 9.17) is 0 Å². The number of carbonyl (C=O) groups excluding carboxylic acids is 1.